The number of carbonyl (C=O) groups is 2. The second-order valence-corrected chi connectivity index (χ2v) is 2.34. The third-order valence-corrected chi connectivity index (χ3v) is 1.29. The van der Waals surface area contributed by atoms with Crippen LogP contribution in [0.15, 0.2) is 24.5 Å². The molecule has 0 aliphatic rings. The molecule has 0 aliphatic carbocycles. The number of carbonyl (C=O) groups excluding carboxylic acids is 2. The van der Waals surface area contributed by atoms with Gasteiger partial charge in [0.15, 0.2) is 0 Å². The topological polar surface area (TPSA) is 89.2 Å². The Morgan fingerprint density at radius 2 is 1.92 bits per heavy atom. The third kappa shape index (κ3) is 3.28. The van der Waals surface area contributed by atoms with Crippen LogP contribution in [0.1, 0.15) is 0 Å². The van der Waals surface area contributed by atoms with Gasteiger partial charge >= 0.3 is 6.03 Å². The van der Waals surface area contributed by atoms with E-state index < -0.39 is 11.9 Å². The van der Waals surface area contributed by atoms with Crippen LogP contribution in [0.25, 0.3) is 0 Å². The molecule has 0 fully saturated rings. The highest BCUT2D eigenvalue weighted by molar-refractivity contribution is 5.94. The fraction of sp³-hybridized carbons (Fsp3) is 0.143. The van der Waals surface area contributed by atoms with E-state index in [4.69, 9.17) is 5.73 Å². The minimum absolute atomic E-state index is 0.00236. The summed E-state index contributed by atoms with van der Waals surface area (Å²) in [5.41, 5.74) is 7.46. The number of nitrogens with two attached hydrogens (primary N) is 1. The highest BCUT2D eigenvalue weighted by Crippen LogP contribution is 1.83. The molecule has 0 spiro atoms. The van der Waals surface area contributed by atoms with Crippen LogP contribution < -0.4 is 16.5 Å². The van der Waals surface area contributed by atoms with Crippen LogP contribution in [0.5, 0.6) is 0 Å². The quantitative estimate of drug-likeness (QED) is 0.573. The van der Waals surface area contributed by atoms with Gasteiger partial charge in [-0.2, -0.15) is 0 Å². The van der Waals surface area contributed by atoms with Crippen molar-refractivity contribution in [1.82, 2.24) is 9.99 Å². The molecule has 6 nitrogen and oxygen atoms in total. The first-order chi connectivity index (χ1) is 6.18. The Hall–Kier alpha value is -1.98. The van der Waals surface area contributed by atoms with Crippen molar-refractivity contribution in [1.29, 1.82) is 0 Å². The summed E-state index contributed by atoms with van der Waals surface area (Å²) in [7, 11) is 0. The van der Waals surface area contributed by atoms with Crippen molar-refractivity contribution in [2.24, 2.45) is 5.73 Å². The minimum atomic E-state index is -0.848. The molecule has 3 amide bonds. The molecule has 70 valence electrons. The van der Waals surface area contributed by atoms with Gasteiger partial charge in [0.25, 0.3) is 0 Å². The smallest absolute Gasteiger partial charge is 0.318 e. The molecule has 0 aliphatic heterocycles. The van der Waals surface area contributed by atoms with E-state index in [0.717, 1.165) is 0 Å². The lowest BCUT2D eigenvalue weighted by molar-refractivity contribution is -0.118. The fourth-order valence-electron chi connectivity index (χ4n) is 0.785. The molecule has 6 heteroatoms. The summed E-state index contributed by atoms with van der Waals surface area (Å²) in [6.45, 7) is -0.00236. The Labute approximate surface area is 74.7 Å². The number of rotatable bonds is 3. The van der Waals surface area contributed by atoms with Crippen LogP contribution in [-0.2, 0) is 4.79 Å². The lowest BCUT2D eigenvalue weighted by atomic mass is 10.6. The summed E-state index contributed by atoms with van der Waals surface area (Å²) in [4.78, 5) is 21.1. The largest absolute Gasteiger partial charge is 0.351 e. The summed E-state index contributed by atoms with van der Waals surface area (Å²) < 4.78 is 1.60. The van der Waals surface area contributed by atoms with E-state index in [2.05, 4.69) is 5.43 Å². The minimum Gasteiger partial charge on any atom is -0.351 e. The zero-order chi connectivity index (χ0) is 9.68. The first kappa shape index (κ1) is 9.11. The highest BCUT2D eigenvalue weighted by atomic mass is 16.2. The molecule has 0 saturated carbocycles. The van der Waals surface area contributed by atoms with Gasteiger partial charge in [0.05, 0.1) is 0 Å². The van der Waals surface area contributed by atoms with Crippen LogP contribution in [-0.4, -0.2) is 23.2 Å². The van der Waals surface area contributed by atoms with E-state index in [9.17, 15) is 9.59 Å². The number of primary amides is 1. The molecule has 0 bridgehead atoms. The Bertz CT molecular complexity index is 293. The Balaban J connectivity index is 2.27. The van der Waals surface area contributed by atoms with E-state index in [-0.39, 0.29) is 6.54 Å². The fourth-order valence-corrected chi connectivity index (χ4v) is 0.785. The molecule has 0 aromatic carbocycles. The summed E-state index contributed by atoms with van der Waals surface area (Å²) in [6.07, 6.45) is 3.47. The first-order valence-electron chi connectivity index (χ1n) is 3.64. The van der Waals surface area contributed by atoms with Gasteiger partial charge in [-0.25, -0.2) is 4.79 Å². The molecular formula is C7H10N4O2. The average Bonchev–Trinajstić information content (AvgIpc) is 2.51. The number of nitrogens with zero attached hydrogens (tertiary/aromatic N) is 1. The van der Waals surface area contributed by atoms with Gasteiger partial charge < -0.3 is 11.2 Å². The van der Waals surface area contributed by atoms with Gasteiger partial charge in [-0.05, 0) is 12.1 Å². The molecule has 1 aromatic rings. The second kappa shape index (κ2) is 4.15. The number of nitrogens with one attached hydrogen (secondary N) is 2. The van der Waals surface area contributed by atoms with Crippen molar-refractivity contribution in [3.63, 3.8) is 0 Å². The number of aromatic nitrogens is 1. The van der Waals surface area contributed by atoms with E-state index in [1.165, 1.54) is 0 Å². The second-order valence-electron chi connectivity index (χ2n) is 2.34. The molecule has 0 atom stereocenters. The monoisotopic (exact) mass is 182 g/mol. The van der Waals surface area contributed by atoms with Gasteiger partial charge in [-0.3, -0.25) is 14.8 Å². The van der Waals surface area contributed by atoms with Crippen molar-refractivity contribution in [2.75, 3.05) is 12.0 Å². The number of urea groups is 1. The standard InChI is InChI=1S/C7H10N4O2/c8-7(13)10-6(12)5-9-11-3-1-2-4-11/h1-4,9H,5H2,(H3,8,10,12,13). The van der Waals surface area contributed by atoms with Crippen LogP contribution in [0.4, 0.5) is 4.79 Å². The van der Waals surface area contributed by atoms with Crippen LogP contribution >= 0.6 is 0 Å². The van der Waals surface area contributed by atoms with Crippen molar-refractivity contribution in [2.45, 2.75) is 0 Å². The zero-order valence-corrected chi connectivity index (χ0v) is 6.86. The van der Waals surface area contributed by atoms with Crippen LogP contribution in [0.2, 0.25) is 0 Å². The summed E-state index contributed by atoms with van der Waals surface area (Å²) in [6, 6.07) is 2.76. The first-order valence-corrected chi connectivity index (χ1v) is 3.64. The maximum absolute atomic E-state index is 10.9. The summed E-state index contributed by atoms with van der Waals surface area (Å²) in [5, 5.41) is 1.93. The number of amides is 3. The van der Waals surface area contributed by atoms with Gasteiger partial charge in [-0.15, -0.1) is 0 Å². The number of imide groups is 1. The number of hydrogen-bond acceptors (Lipinski definition) is 3. The van der Waals surface area contributed by atoms with Gasteiger partial charge in [0.2, 0.25) is 5.91 Å². The van der Waals surface area contributed by atoms with E-state index in [1.807, 2.05) is 5.32 Å². The molecule has 1 aromatic heterocycles. The summed E-state index contributed by atoms with van der Waals surface area (Å²) in [5.74, 6) is -0.471. The molecule has 0 radical (unpaired) electrons. The van der Waals surface area contributed by atoms with Crippen molar-refractivity contribution >= 4 is 11.9 Å². The normalized spacial score (nSPS) is 9.23. The average molecular weight is 182 g/mol. The molecule has 1 rings (SSSR count). The predicted octanol–water partition coefficient (Wildman–Crippen LogP) is -0.773. The van der Waals surface area contributed by atoms with E-state index >= 15 is 0 Å². The third-order valence-electron chi connectivity index (χ3n) is 1.29. The Morgan fingerprint density at radius 1 is 1.31 bits per heavy atom. The van der Waals surface area contributed by atoms with E-state index in [1.54, 1.807) is 29.2 Å². The van der Waals surface area contributed by atoms with Crippen molar-refractivity contribution < 1.29 is 9.59 Å². The molecule has 4 N–H and O–H groups in total. The SMILES string of the molecule is NC(=O)NC(=O)CNn1cccc1. The lowest BCUT2D eigenvalue weighted by Gasteiger charge is -2.05. The Kier molecular flexibility index (Phi) is 2.91. The summed E-state index contributed by atoms with van der Waals surface area (Å²) >= 11 is 0. The van der Waals surface area contributed by atoms with Crippen LogP contribution in [0, 0.1) is 0 Å². The highest BCUT2D eigenvalue weighted by Gasteiger charge is 2.01. The maximum Gasteiger partial charge on any atom is 0.318 e. The van der Waals surface area contributed by atoms with E-state index in [0.29, 0.717) is 0 Å². The van der Waals surface area contributed by atoms with Gasteiger partial charge in [-0.1, -0.05) is 0 Å². The zero-order valence-electron chi connectivity index (χ0n) is 6.86. The molecule has 1 heterocycles. The lowest BCUT2D eigenvalue weighted by Crippen LogP contribution is -2.39. The Morgan fingerprint density at radius 3 is 2.46 bits per heavy atom. The van der Waals surface area contributed by atoms with Crippen molar-refractivity contribution in [3.05, 3.63) is 24.5 Å². The predicted molar refractivity (Wildman–Crippen MR) is 46.4 cm³/mol. The van der Waals surface area contributed by atoms with Gasteiger partial charge in [0.1, 0.15) is 6.54 Å². The molecule has 0 saturated heterocycles. The molecule has 13 heavy (non-hydrogen) atoms. The van der Waals surface area contributed by atoms with Crippen molar-refractivity contribution in [3.8, 4) is 0 Å². The molecule has 0 unspecified atom stereocenters. The molecular weight excluding hydrogens is 172 g/mol. The van der Waals surface area contributed by atoms with Gasteiger partial charge in [0, 0.05) is 12.4 Å². The van der Waals surface area contributed by atoms with Crippen LogP contribution in [0.3, 0.4) is 0 Å². The number of hydrogen-bond donors (Lipinski definition) is 3. The maximum atomic E-state index is 10.9.